The third-order valence-corrected chi connectivity index (χ3v) is 16.0. The molecule has 1 N–H and O–H groups in total. The van der Waals surface area contributed by atoms with Crippen molar-refractivity contribution in [1.29, 1.82) is 0 Å². The zero-order chi connectivity index (χ0) is 52.3. The van der Waals surface area contributed by atoms with Crippen molar-refractivity contribution in [2.75, 3.05) is 52.9 Å². The molecule has 0 bridgehead atoms. The molecule has 74 heavy (non-hydrogen) atoms. The van der Waals surface area contributed by atoms with Gasteiger partial charge in [-0.05, 0) is 126 Å². The zero-order valence-corrected chi connectivity index (χ0v) is 44.2. The van der Waals surface area contributed by atoms with Crippen LogP contribution in [-0.4, -0.2) is 158 Å². The predicted octanol–water partition coefficient (Wildman–Crippen LogP) is 7.48. The minimum atomic E-state index is -0.897. The minimum absolute atomic E-state index is 0.0808. The van der Waals surface area contributed by atoms with Crippen LogP contribution in [0.25, 0.3) is 21.1 Å². The molecule has 4 fully saturated rings. The molecule has 4 atom stereocenters. The highest BCUT2D eigenvalue weighted by Crippen LogP contribution is 2.33. The fraction of sp³-hybridized carbons (Fsp3) is 0.574. The molecule has 20 heteroatoms. The van der Waals surface area contributed by atoms with Crippen LogP contribution in [0.15, 0.2) is 58.6 Å². The molecule has 18 nitrogen and oxygen atoms in total. The molecule has 398 valence electrons. The first-order chi connectivity index (χ1) is 35.5. The van der Waals surface area contributed by atoms with Gasteiger partial charge in [-0.1, -0.05) is 19.3 Å². The second-order valence-electron chi connectivity index (χ2n) is 21.5. The van der Waals surface area contributed by atoms with Crippen LogP contribution in [0.1, 0.15) is 109 Å². The highest BCUT2D eigenvalue weighted by Gasteiger charge is 2.40. The molecular weight excluding hydrogens is 970 g/mol. The summed E-state index contributed by atoms with van der Waals surface area (Å²) in [5.74, 6) is 0.167. The van der Waals surface area contributed by atoms with Crippen LogP contribution < -0.4 is 14.8 Å². The van der Waals surface area contributed by atoms with Crippen molar-refractivity contribution in [1.82, 2.24) is 44.5 Å². The van der Waals surface area contributed by atoms with E-state index in [1.165, 1.54) is 24.1 Å². The molecule has 0 spiro atoms. The van der Waals surface area contributed by atoms with Crippen molar-refractivity contribution in [2.24, 2.45) is 5.92 Å². The van der Waals surface area contributed by atoms with Crippen molar-refractivity contribution < 1.29 is 47.1 Å². The zero-order valence-electron chi connectivity index (χ0n) is 43.4. The van der Waals surface area contributed by atoms with E-state index in [1.807, 2.05) is 24.4 Å². The number of piperidine rings is 1. The summed E-state index contributed by atoms with van der Waals surface area (Å²) >= 11 is 1.64. The lowest BCUT2D eigenvalue weighted by Gasteiger charge is -2.42. The maximum absolute atomic E-state index is 14.7. The number of halogens is 1. The van der Waals surface area contributed by atoms with Gasteiger partial charge in [-0.15, -0.1) is 11.3 Å². The summed E-state index contributed by atoms with van der Waals surface area (Å²) in [5.41, 5.74) is 1.00. The lowest BCUT2D eigenvalue weighted by Crippen LogP contribution is -2.61. The van der Waals surface area contributed by atoms with Gasteiger partial charge in [0.25, 0.3) is 11.8 Å². The van der Waals surface area contributed by atoms with E-state index in [0.717, 1.165) is 86.8 Å². The monoisotopic (exact) mass is 1040 g/mol. The summed E-state index contributed by atoms with van der Waals surface area (Å²) in [7, 11) is 1.50. The van der Waals surface area contributed by atoms with Gasteiger partial charge >= 0.3 is 6.09 Å². The Balaban J connectivity index is 0.803. The number of carbonyl (C=O) groups is 5. The van der Waals surface area contributed by atoms with Crippen LogP contribution in [0.4, 0.5) is 9.18 Å². The predicted molar refractivity (Wildman–Crippen MR) is 276 cm³/mol. The summed E-state index contributed by atoms with van der Waals surface area (Å²) in [5, 5.41) is 9.72. The fourth-order valence-electron chi connectivity index (χ4n) is 10.9. The number of likely N-dealkylation sites (tertiary alicyclic amines) is 2. The van der Waals surface area contributed by atoms with Crippen LogP contribution in [0.2, 0.25) is 0 Å². The van der Waals surface area contributed by atoms with Crippen LogP contribution in [0, 0.1) is 11.7 Å². The summed E-state index contributed by atoms with van der Waals surface area (Å²) in [4.78, 5) is 83.2. The number of pyridine rings is 1. The molecule has 5 amide bonds. The first kappa shape index (κ1) is 52.6. The summed E-state index contributed by atoms with van der Waals surface area (Å²) in [6, 6.07) is 9.28. The number of nitrogens with zero attached hydrogens (tertiary/aromatic N) is 8. The van der Waals surface area contributed by atoms with Crippen LogP contribution in [0.5, 0.6) is 11.6 Å². The number of rotatable bonds is 15. The van der Waals surface area contributed by atoms with Crippen molar-refractivity contribution in [3.05, 3.63) is 71.3 Å². The molecule has 1 saturated carbocycles. The average Bonchev–Trinajstić information content (AvgIpc) is 4.22. The van der Waals surface area contributed by atoms with Gasteiger partial charge in [0.05, 0.1) is 22.8 Å². The molecule has 3 saturated heterocycles. The molecule has 5 aromatic rings. The number of nitrogens with one attached hydrogen (secondary N) is 1. The quantitative estimate of drug-likeness (QED) is 0.109. The number of benzene rings is 1. The third kappa shape index (κ3) is 12.1. The van der Waals surface area contributed by atoms with E-state index in [0.29, 0.717) is 35.6 Å². The van der Waals surface area contributed by atoms with E-state index in [2.05, 4.69) is 20.4 Å². The topological polar surface area (TPSA) is 185 Å². The molecule has 9 rings (SSSR count). The second-order valence-corrected chi connectivity index (χ2v) is 22.4. The van der Waals surface area contributed by atoms with Gasteiger partial charge in [-0.3, -0.25) is 34.0 Å². The Morgan fingerprint density at radius 2 is 1.72 bits per heavy atom. The molecule has 3 aliphatic heterocycles. The molecule has 1 aromatic carbocycles. The molecule has 1 aliphatic carbocycles. The Bertz CT molecular complexity index is 2810. The molecule has 0 radical (unpaired) electrons. The SMILES string of the molecule is C[C@@H](C(=O)N[C@H](C(=O)N1CCN(C(=O)c2cc3cc(F)ccc3n2CC(=O)N2CCC[C@H]2COc2cc(CN3CCC(Oc4ccnc5ccsc45)CC3)on2)[C@@H](C)C1)C1CCCCC1)N(C)C(=O)OC(C)(C)C. The Labute approximate surface area is 435 Å². The fourth-order valence-corrected chi connectivity index (χ4v) is 11.7. The smallest absolute Gasteiger partial charge is 0.410 e. The number of likely N-dealkylation sites (N-methyl/N-ethyl adjacent to an activating group) is 1. The summed E-state index contributed by atoms with van der Waals surface area (Å²) in [6.45, 7) is 12.2. The van der Waals surface area contributed by atoms with Gasteiger partial charge in [0.15, 0.2) is 5.76 Å². The number of thiophene rings is 1. The number of ether oxygens (including phenoxy) is 3. The first-order valence-corrected chi connectivity index (χ1v) is 27.1. The van der Waals surface area contributed by atoms with Crippen LogP contribution >= 0.6 is 11.3 Å². The summed E-state index contributed by atoms with van der Waals surface area (Å²) in [6.07, 6.45) is 9.04. The maximum Gasteiger partial charge on any atom is 0.410 e. The molecule has 0 unspecified atom stereocenters. The van der Waals surface area contributed by atoms with Gasteiger partial charge in [0.1, 0.15) is 54.2 Å². The standard InChI is InChI=1S/C54H70FN9O9S/c1-34-30-61(52(68)48(36-11-8-7-9-12-36)57-50(66)35(2)59(6)53(69)72-54(3,4)5)24-25-62(34)51(67)44-28-37-27-38(55)14-15-43(37)64(44)32-47(65)63-21-10-13-39(63)33-70-46-29-41(73-58-46)31-60-22-17-40(18-23-60)71-45-16-20-56-42-19-26-74-49(42)45/h14-16,19-20,26-29,34-36,39-40,48H,7-13,17-18,21-25,30-33H2,1-6H3,(H,57,66)/t34-,35-,39-,48-/m0/s1. The first-order valence-electron chi connectivity index (χ1n) is 26.2. The third-order valence-electron chi connectivity index (χ3n) is 15.1. The van der Waals surface area contributed by atoms with Crippen LogP contribution in [0.3, 0.4) is 0 Å². The molecule has 4 aliphatic rings. The number of hydrogen-bond acceptors (Lipinski definition) is 13. The number of hydrogen-bond donors (Lipinski definition) is 1. The number of carbonyl (C=O) groups excluding carboxylic acids is 5. The maximum atomic E-state index is 14.7. The Morgan fingerprint density at radius 1 is 0.932 bits per heavy atom. The largest absolute Gasteiger partial charge is 0.489 e. The van der Waals surface area contributed by atoms with Gasteiger partial charge in [-0.2, -0.15) is 0 Å². The average molecular weight is 1040 g/mol. The number of piperazine rings is 1. The van der Waals surface area contributed by atoms with E-state index >= 15 is 0 Å². The van der Waals surface area contributed by atoms with Crippen molar-refractivity contribution in [3.8, 4) is 11.6 Å². The molecule has 4 aromatic heterocycles. The van der Waals surface area contributed by atoms with Gasteiger partial charge in [0.2, 0.25) is 17.7 Å². The highest BCUT2D eigenvalue weighted by molar-refractivity contribution is 7.17. The van der Waals surface area contributed by atoms with Gasteiger partial charge in [0, 0.05) is 75.5 Å². The van der Waals surface area contributed by atoms with Gasteiger partial charge < -0.3 is 43.3 Å². The summed E-state index contributed by atoms with van der Waals surface area (Å²) < 4.78 is 41.1. The van der Waals surface area contributed by atoms with E-state index in [-0.39, 0.29) is 74.3 Å². The van der Waals surface area contributed by atoms with Gasteiger partial charge in [-0.25, -0.2) is 9.18 Å². The Kier molecular flexibility index (Phi) is 16.1. The van der Waals surface area contributed by atoms with Crippen LogP contribution in [-0.2, 0) is 32.2 Å². The Hall–Kier alpha value is -6.28. The minimum Gasteiger partial charge on any atom is -0.489 e. The number of amides is 5. The van der Waals surface area contributed by atoms with E-state index in [4.69, 9.17) is 18.7 Å². The normalized spacial score (nSPS) is 20.2. The lowest BCUT2D eigenvalue weighted by molar-refractivity contribution is -0.141. The molecule has 7 heterocycles. The van der Waals surface area contributed by atoms with E-state index < -0.39 is 41.5 Å². The van der Waals surface area contributed by atoms with E-state index in [1.54, 1.807) is 82.7 Å². The Morgan fingerprint density at radius 3 is 2.47 bits per heavy atom. The molecular formula is C54H70FN9O9S. The highest BCUT2D eigenvalue weighted by atomic mass is 32.1. The number of aromatic nitrogens is 3. The van der Waals surface area contributed by atoms with Crippen molar-refractivity contribution >= 4 is 62.2 Å². The van der Waals surface area contributed by atoms with E-state index in [9.17, 15) is 28.4 Å². The lowest BCUT2D eigenvalue weighted by atomic mass is 9.83. The van der Waals surface area contributed by atoms with Crippen molar-refractivity contribution in [2.45, 2.75) is 141 Å². The second kappa shape index (κ2) is 22.7. The van der Waals surface area contributed by atoms with Crippen molar-refractivity contribution in [3.63, 3.8) is 0 Å². The number of fused-ring (bicyclic) bond motifs is 2.